The second kappa shape index (κ2) is 6.21. The van der Waals surface area contributed by atoms with Crippen LogP contribution in [0.15, 0.2) is 42.5 Å². The van der Waals surface area contributed by atoms with E-state index < -0.39 is 0 Å². The van der Waals surface area contributed by atoms with Gasteiger partial charge in [-0.2, -0.15) is 0 Å². The Morgan fingerprint density at radius 1 is 1.05 bits per heavy atom. The van der Waals surface area contributed by atoms with Gasteiger partial charge in [0.1, 0.15) is 0 Å². The van der Waals surface area contributed by atoms with Crippen LogP contribution in [0.4, 0.5) is 22.7 Å². The molecule has 7 N–H and O–H groups in total. The molecule has 4 nitrogen and oxygen atoms in total. The molecule has 20 heavy (non-hydrogen) atoms. The minimum atomic E-state index is 0.466. The predicted octanol–water partition coefficient (Wildman–Crippen LogP) is 3.21. The van der Waals surface area contributed by atoms with Crippen molar-refractivity contribution in [2.24, 2.45) is 0 Å². The first-order valence-corrected chi connectivity index (χ1v) is 6.54. The highest BCUT2D eigenvalue weighted by atomic mass is 35.5. The van der Waals surface area contributed by atoms with E-state index in [1.807, 2.05) is 36.4 Å². The van der Waals surface area contributed by atoms with Crippen LogP contribution in [0, 0.1) is 0 Å². The maximum absolute atomic E-state index is 5.98. The molecule has 0 aliphatic heterocycles. The van der Waals surface area contributed by atoms with Crippen molar-refractivity contribution in [2.45, 2.75) is 0 Å². The first-order chi connectivity index (χ1) is 9.56. The summed E-state index contributed by atoms with van der Waals surface area (Å²) in [5, 5.41) is 3.70. The number of nitrogens with two attached hydrogens (primary N) is 3. The molecule has 0 heterocycles. The Kier molecular flexibility index (Phi) is 4.38. The zero-order chi connectivity index (χ0) is 14.5. The molecule has 0 saturated carbocycles. The second-order valence-corrected chi connectivity index (χ2v) is 4.82. The number of benzene rings is 2. The molecule has 2 rings (SSSR count). The first-order valence-electron chi connectivity index (χ1n) is 6.16. The highest BCUT2D eigenvalue weighted by Crippen LogP contribution is 2.27. The van der Waals surface area contributed by atoms with Crippen LogP contribution in [0.1, 0.15) is 5.56 Å². The minimum absolute atomic E-state index is 0.466. The van der Waals surface area contributed by atoms with Gasteiger partial charge in [-0.25, -0.2) is 0 Å². The van der Waals surface area contributed by atoms with Crippen molar-refractivity contribution in [2.75, 3.05) is 29.1 Å². The number of nitrogens with one attached hydrogen (secondary N) is 1. The minimum Gasteiger partial charge on any atom is -0.399 e. The van der Waals surface area contributed by atoms with E-state index in [1.54, 1.807) is 12.1 Å². The quantitative estimate of drug-likeness (QED) is 0.650. The molecule has 0 atom stereocenters. The number of hydrogen-bond donors (Lipinski definition) is 4. The van der Waals surface area contributed by atoms with Gasteiger partial charge in [-0.15, -0.1) is 0 Å². The van der Waals surface area contributed by atoms with Gasteiger partial charge >= 0.3 is 0 Å². The Bertz CT molecular complexity index is 638. The van der Waals surface area contributed by atoms with Crippen LogP contribution in [0.25, 0.3) is 6.08 Å². The van der Waals surface area contributed by atoms with E-state index in [4.69, 9.17) is 28.8 Å². The van der Waals surface area contributed by atoms with E-state index in [0.29, 0.717) is 22.9 Å². The number of anilines is 4. The fraction of sp³-hybridized carbons (Fsp3) is 0.0667. The third-order valence-electron chi connectivity index (χ3n) is 2.79. The SMILES string of the molecule is Nc1cccc(NC/C=C/c2cc(N)cc(Cl)c2N)c1. The van der Waals surface area contributed by atoms with Gasteiger partial charge in [0, 0.05) is 29.2 Å². The molecule has 0 amide bonds. The van der Waals surface area contributed by atoms with E-state index in [1.165, 1.54) is 0 Å². The summed E-state index contributed by atoms with van der Waals surface area (Å²) < 4.78 is 0. The fourth-order valence-electron chi connectivity index (χ4n) is 1.81. The van der Waals surface area contributed by atoms with Crippen molar-refractivity contribution in [3.63, 3.8) is 0 Å². The number of nitrogen functional groups attached to an aromatic ring is 3. The molecular weight excluding hydrogens is 272 g/mol. The lowest BCUT2D eigenvalue weighted by molar-refractivity contribution is 1.34. The summed E-state index contributed by atoms with van der Waals surface area (Å²) in [7, 11) is 0. The maximum atomic E-state index is 5.98. The van der Waals surface area contributed by atoms with Crippen molar-refractivity contribution in [1.29, 1.82) is 0 Å². The molecule has 0 fully saturated rings. The standard InChI is InChI=1S/C15H17ClN4/c16-14-9-12(18)7-10(15(14)19)3-2-6-20-13-5-1-4-11(17)8-13/h1-5,7-9,20H,6,17-19H2/b3-2+. The lowest BCUT2D eigenvalue weighted by Crippen LogP contribution is -1.99. The zero-order valence-corrected chi connectivity index (χ0v) is 11.7. The molecule has 0 radical (unpaired) electrons. The van der Waals surface area contributed by atoms with Crippen LogP contribution in [0.3, 0.4) is 0 Å². The van der Waals surface area contributed by atoms with Gasteiger partial charge in [0.05, 0.1) is 10.7 Å². The fourth-order valence-corrected chi connectivity index (χ4v) is 2.05. The molecule has 0 unspecified atom stereocenters. The van der Waals surface area contributed by atoms with Crippen molar-refractivity contribution in [3.8, 4) is 0 Å². The van der Waals surface area contributed by atoms with Crippen molar-refractivity contribution in [1.82, 2.24) is 0 Å². The molecule has 0 bridgehead atoms. The summed E-state index contributed by atoms with van der Waals surface area (Å²) in [6.45, 7) is 0.648. The van der Waals surface area contributed by atoms with Crippen molar-refractivity contribution < 1.29 is 0 Å². The second-order valence-electron chi connectivity index (χ2n) is 4.41. The van der Waals surface area contributed by atoms with Gasteiger partial charge in [-0.1, -0.05) is 29.8 Å². The monoisotopic (exact) mass is 288 g/mol. The van der Waals surface area contributed by atoms with Crippen LogP contribution < -0.4 is 22.5 Å². The summed E-state index contributed by atoms with van der Waals surface area (Å²) >= 11 is 5.98. The molecule has 5 heteroatoms. The summed E-state index contributed by atoms with van der Waals surface area (Å²) in [5.41, 5.74) is 21.0. The van der Waals surface area contributed by atoms with E-state index >= 15 is 0 Å². The topological polar surface area (TPSA) is 90.1 Å². The van der Waals surface area contributed by atoms with Crippen LogP contribution in [-0.2, 0) is 0 Å². The molecule has 0 aliphatic carbocycles. The van der Waals surface area contributed by atoms with Crippen LogP contribution in [-0.4, -0.2) is 6.54 Å². The molecule has 0 aliphatic rings. The van der Waals surface area contributed by atoms with Gasteiger partial charge < -0.3 is 22.5 Å². The van der Waals surface area contributed by atoms with Crippen molar-refractivity contribution in [3.05, 3.63) is 53.1 Å². The lowest BCUT2D eigenvalue weighted by atomic mass is 10.1. The molecule has 2 aromatic carbocycles. The van der Waals surface area contributed by atoms with Crippen LogP contribution >= 0.6 is 11.6 Å². The summed E-state index contributed by atoms with van der Waals surface area (Å²) in [6, 6.07) is 11.0. The molecule has 2 aromatic rings. The van der Waals surface area contributed by atoms with E-state index in [0.717, 1.165) is 16.9 Å². The highest BCUT2D eigenvalue weighted by Gasteiger charge is 2.02. The molecular formula is C15H17ClN4. The Hall–Kier alpha value is -2.33. The van der Waals surface area contributed by atoms with Gasteiger partial charge in [0.25, 0.3) is 0 Å². The average molecular weight is 289 g/mol. The predicted molar refractivity (Wildman–Crippen MR) is 88.7 cm³/mol. The van der Waals surface area contributed by atoms with E-state index in [9.17, 15) is 0 Å². The van der Waals surface area contributed by atoms with Crippen LogP contribution in [0.5, 0.6) is 0 Å². The van der Waals surface area contributed by atoms with E-state index in [2.05, 4.69) is 5.32 Å². The normalized spacial score (nSPS) is 10.8. The average Bonchev–Trinajstić information content (AvgIpc) is 2.40. The molecule has 104 valence electrons. The summed E-state index contributed by atoms with van der Waals surface area (Å²) in [6.07, 6.45) is 3.83. The Morgan fingerprint density at radius 3 is 2.60 bits per heavy atom. The Labute approximate surface area is 123 Å². The molecule has 0 spiro atoms. The van der Waals surface area contributed by atoms with E-state index in [-0.39, 0.29) is 0 Å². The number of hydrogen-bond acceptors (Lipinski definition) is 4. The summed E-state index contributed by atoms with van der Waals surface area (Å²) in [4.78, 5) is 0. The third-order valence-corrected chi connectivity index (χ3v) is 3.10. The van der Waals surface area contributed by atoms with Gasteiger partial charge in [0.15, 0.2) is 0 Å². The molecule has 0 aromatic heterocycles. The van der Waals surface area contributed by atoms with Gasteiger partial charge in [-0.3, -0.25) is 0 Å². The Balaban J connectivity index is 2.00. The van der Waals surface area contributed by atoms with Gasteiger partial charge in [-0.05, 0) is 30.3 Å². The molecule has 0 saturated heterocycles. The van der Waals surface area contributed by atoms with Crippen LogP contribution in [0.2, 0.25) is 5.02 Å². The number of halogens is 1. The largest absolute Gasteiger partial charge is 0.399 e. The Morgan fingerprint density at radius 2 is 1.85 bits per heavy atom. The number of rotatable bonds is 4. The van der Waals surface area contributed by atoms with Gasteiger partial charge in [0.2, 0.25) is 0 Å². The lowest BCUT2D eigenvalue weighted by Gasteiger charge is -2.06. The zero-order valence-electron chi connectivity index (χ0n) is 10.9. The third kappa shape index (κ3) is 3.59. The maximum Gasteiger partial charge on any atom is 0.0662 e. The summed E-state index contributed by atoms with van der Waals surface area (Å²) in [5.74, 6) is 0. The first kappa shape index (κ1) is 14.1. The van der Waals surface area contributed by atoms with Crippen molar-refractivity contribution >= 4 is 40.4 Å². The smallest absolute Gasteiger partial charge is 0.0662 e. The highest BCUT2D eigenvalue weighted by molar-refractivity contribution is 6.33.